The summed E-state index contributed by atoms with van der Waals surface area (Å²) in [5.41, 5.74) is 6.29. The van der Waals surface area contributed by atoms with Crippen molar-refractivity contribution in [2.75, 3.05) is 26.7 Å². The van der Waals surface area contributed by atoms with Gasteiger partial charge in [0.1, 0.15) is 0 Å². The summed E-state index contributed by atoms with van der Waals surface area (Å²) in [7, 11) is 1.43. The Morgan fingerprint density at radius 1 is 1.15 bits per heavy atom. The first-order valence-electron chi connectivity index (χ1n) is 9.63. The van der Waals surface area contributed by atoms with E-state index in [0.29, 0.717) is 23.3 Å². The molecule has 0 aromatic heterocycles. The lowest BCUT2D eigenvalue weighted by Gasteiger charge is -2.37. The Labute approximate surface area is 168 Å². The third-order valence-electron chi connectivity index (χ3n) is 6.29. The topological polar surface area (TPSA) is 29.5 Å². The zero-order chi connectivity index (χ0) is 18.3. The van der Waals surface area contributed by atoms with Crippen molar-refractivity contribution in [1.29, 1.82) is 0 Å². The fourth-order valence-corrected chi connectivity index (χ4v) is 4.96. The molecule has 4 heteroatoms. The Morgan fingerprint density at radius 3 is 2.56 bits per heavy atom. The third-order valence-corrected chi connectivity index (χ3v) is 6.29. The Hall–Kier alpha value is -1.84. The van der Waals surface area contributed by atoms with Crippen LogP contribution < -0.4 is 0 Å². The van der Waals surface area contributed by atoms with E-state index < -0.39 is 0 Å². The number of esters is 1. The number of fused-ring (bicyclic) bond motifs is 3. The van der Waals surface area contributed by atoms with Crippen LogP contribution in [0.5, 0.6) is 0 Å². The van der Waals surface area contributed by atoms with Gasteiger partial charge in [-0.2, -0.15) is 0 Å². The van der Waals surface area contributed by atoms with E-state index in [4.69, 9.17) is 4.74 Å². The van der Waals surface area contributed by atoms with Crippen LogP contribution in [0.3, 0.4) is 0 Å². The van der Waals surface area contributed by atoms with Crippen molar-refractivity contribution >= 4 is 18.4 Å². The third kappa shape index (κ3) is 3.51. The van der Waals surface area contributed by atoms with Crippen LogP contribution in [0.1, 0.15) is 57.8 Å². The SMILES string of the molecule is CCN1CC[C@H]2[C@H](c3ccc(C(=O)OC)cc3)c3cc(C)ccc3[C@H]2C1.Cl. The van der Waals surface area contributed by atoms with Crippen LogP contribution in [-0.2, 0) is 4.74 Å². The number of carbonyl (C=O) groups is 1. The maximum absolute atomic E-state index is 11.8. The molecule has 3 nitrogen and oxygen atoms in total. The maximum atomic E-state index is 11.8. The van der Waals surface area contributed by atoms with Gasteiger partial charge in [0.2, 0.25) is 0 Å². The lowest BCUT2D eigenvalue weighted by Crippen LogP contribution is -2.38. The zero-order valence-corrected chi connectivity index (χ0v) is 17.1. The van der Waals surface area contributed by atoms with E-state index in [1.807, 2.05) is 12.1 Å². The quantitative estimate of drug-likeness (QED) is 0.712. The van der Waals surface area contributed by atoms with Crippen LogP contribution >= 0.6 is 12.4 Å². The predicted octanol–water partition coefficient (Wildman–Crippen LogP) is 4.77. The molecule has 2 aliphatic rings. The van der Waals surface area contributed by atoms with Crippen LogP contribution in [0.2, 0.25) is 0 Å². The highest BCUT2D eigenvalue weighted by Crippen LogP contribution is 2.53. The summed E-state index contributed by atoms with van der Waals surface area (Å²) in [6.07, 6.45) is 1.23. The van der Waals surface area contributed by atoms with Crippen molar-refractivity contribution in [2.45, 2.75) is 32.1 Å². The van der Waals surface area contributed by atoms with Gasteiger partial charge in [-0.05, 0) is 61.2 Å². The Bertz CT molecular complexity index is 818. The average molecular weight is 386 g/mol. The fourth-order valence-electron chi connectivity index (χ4n) is 4.96. The number of likely N-dealkylation sites (N-methyl/N-ethyl adjacent to an activating group) is 1. The summed E-state index contributed by atoms with van der Waals surface area (Å²) in [6, 6.07) is 15.0. The second kappa shape index (κ2) is 8.04. The number of aryl methyl sites for hydroxylation is 1. The first kappa shape index (κ1) is 19.9. The van der Waals surface area contributed by atoms with E-state index in [0.717, 1.165) is 13.1 Å². The van der Waals surface area contributed by atoms with Gasteiger partial charge in [-0.15, -0.1) is 12.4 Å². The molecular weight excluding hydrogens is 358 g/mol. The van der Waals surface area contributed by atoms with Crippen molar-refractivity contribution in [2.24, 2.45) is 5.92 Å². The van der Waals surface area contributed by atoms with Crippen LogP contribution in [0.15, 0.2) is 42.5 Å². The van der Waals surface area contributed by atoms with Gasteiger partial charge >= 0.3 is 5.97 Å². The molecule has 1 saturated heterocycles. The molecule has 0 bridgehead atoms. The molecular formula is C23H28ClNO2. The number of nitrogens with zero attached hydrogens (tertiary/aromatic N) is 1. The molecule has 2 aromatic rings. The van der Waals surface area contributed by atoms with Crippen LogP contribution in [0.4, 0.5) is 0 Å². The highest BCUT2D eigenvalue weighted by molar-refractivity contribution is 5.89. The lowest BCUT2D eigenvalue weighted by molar-refractivity contribution is 0.0600. The average Bonchev–Trinajstić information content (AvgIpc) is 2.99. The smallest absolute Gasteiger partial charge is 0.337 e. The molecule has 2 aromatic carbocycles. The minimum absolute atomic E-state index is 0. The fraction of sp³-hybridized carbons (Fsp3) is 0.435. The number of methoxy groups -OCH3 is 1. The molecule has 0 radical (unpaired) electrons. The number of carbonyl (C=O) groups excluding carboxylic acids is 1. The van der Waals surface area contributed by atoms with Crippen molar-refractivity contribution in [3.05, 3.63) is 70.3 Å². The number of rotatable bonds is 3. The highest BCUT2D eigenvalue weighted by atomic mass is 35.5. The standard InChI is InChI=1S/C23H27NO2.ClH/c1-4-24-12-11-19-21(14-24)18-10-5-15(2)13-20(18)22(19)16-6-8-17(9-7-16)23(25)26-3;/h5-10,13,19,21-22H,4,11-12,14H2,1-3H3;1H/t19-,21-,22+;/m1./s1. The second-order valence-corrected chi connectivity index (χ2v) is 7.68. The first-order valence-corrected chi connectivity index (χ1v) is 9.63. The molecule has 0 unspecified atom stereocenters. The summed E-state index contributed by atoms with van der Waals surface area (Å²) in [5, 5.41) is 0. The maximum Gasteiger partial charge on any atom is 0.337 e. The Kier molecular flexibility index (Phi) is 5.92. The van der Waals surface area contributed by atoms with Crippen LogP contribution in [0, 0.1) is 12.8 Å². The van der Waals surface area contributed by atoms with Gasteiger partial charge in [0.15, 0.2) is 0 Å². The zero-order valence-electron chi connectivity index (χ0n) is 16.3. The molecule has 144 valence electrons. The van der Waals surface area contributed by atoms with E-state index >= 15 is 0 Å². The molecule has 1 aliphatic carbocycles. The number of hydrogen-bond donors (Lipinski definition) is 0. The summed E-state index contributed by atoms with van der Waals surface area (Å²) in [4.78, 5) is 14.3. The second-order valence-electron chi connectivity index (χ2n) is 7.68. The van der Waals surface area contributed by atoms with Crippen LogP contribution in [0.25, 0.3) is 0 Å². The normalized spacial score (nSPS) is 23.9. The van der Waals surface area contributed by atoms with Gasteiger partial charge in [0, 0.05) is 18.4 Å². The number of hydrogen-bond acceptors (Lipinski definition) is 3. The number of likely N-dealkylation sites (tertiary alicyclic amines) is 1. The molecule has 1 aliphatic heterocycles. The minimum Gasteiger partial charge on any atom is -0.465 e. The van der Waals surface area contributed by atoms with E-state index in [9.17, 15) is 4.79 Å². The molecule has 1 heterocycles. The molecule has 1 fully saturated rings. The van der Waals surface area contributed by atoms with Gasteiger partial charge in [-0.3, -0.25) is 0 Å². The molecule has 4 rings (SSSR count). The monoisotopic (exact) mass is 385 g/mol. The minimum atomic E-state index is -0.270. The number of halogens is 1. The molecule has 0 N–H and O–H groups in total. The van der Waals surface area contributed by atoms with Crippen molar-refractivity contribution in [3.8, 4) is 0 Å². The van der Waals surface area contributed by atoms with E-state index in [2.05, 4.69) is 49.1 Å². The molecule has 27 heavy (non-hydrogen) atoms. The summed E-state index contributed by atoms with van der Waals surface area (Å²) < 4.78 is 4.84. The first-order chi connectivity index (χ1) is 12.6. The van der Waals surface area contributed by atoms with Gasteiger partial charge in [-0.25, -0.2) is 4.79 Å². The van der Waals surface area contributed by atoms with Crippen LogP contribution in [-0.4, -0.2) is 37.6 Å². The van der Waals surface area contributed by atoms with Crippen molar-refractivity contribution < 1.29 is 9.53 Å². The largest absolute Gasteiger partial charge is 0.465 e. The van der Waals surface area contributed by atoms with E-state index in [1.54, 1.807) is 0 Å². The molecule has 3 atom stereocenters. The predicted molar refractivity (Wildman–Crippen MR) is 111 cm³/mol. The van der Waals surface area contributed by atoms with Crippen molar-refractivity contribution in [1.82, 2.24) is 4.90 Å². The van der Waals surface area contributed by atoms with Gasteiger partial charge in [0.25, 0.3) is 0 Å². The van der Waals surface area contributed by atoms with Crippen molar-refractivity contribution in [3.63, 3.8) is 0 Å². The molecule has 0 spiro atoms. The Morgan fingerprint density at radius 2 is 1.89 bits per heavy atom. The summed E-state index contributed by atoms with van der Waals surface area (Å²) in [6.45, 7) is 7.91. The van der Waals surface area contributed by atoms with Gasteiger partial charge in [0.05, 0.1) is 12.7 Å². The van der Waals surface area contributed by atoms with E-state index in [-0.39, 0.29) is 18.4 Å². The number of benzene rings is 2. The molecule has 0 amide bonds. The summed E-state index contributed by atoms with van der Waals surface area (Å²) in [5.74, 6) is 1.43. The van der Waals surface area contributed by atoms with Gasteiger partial charge < -0.3 is 9.64 Å². The number of ether oxygens (including phenoxy) is 1. The number of piperidine rings is 1. The summed E-state index contributed by atoms with van der Waals surface area (Å²) >= 11 is 0. The molecule has 0 saturated carbocycles. The van der Waals surface area contributed by atoms with E-state index in [1.165, 1.54) is 42.3 Å². The Balaban J connectivity index is 0.00000210. The lowest BCUT2D eigenvalue weighted by atomic mass is 9.78. The van der Waals surface area contributed by atoms with Gasteiger partial charge in [-0.1, -0.05) is 42.8 Å². The highest BCUT2D eigenvalue weighted by Gasteiger charge is 2.43.